The predicted molar refractivity (Wildman–Crippen MR) is 95.2 cm³/mol. The van der Waals surface area contributed by atoms with E-state index in [1.54, 1.807) is 14.2 Å². The maximum Gasteiger partial charge on any atom is 0.318 e. The van der Waals surface area contributed by atoms with E-state index in [9.17, 15) is 4.79 Å². The smallest absolute Gasteiger partial charge is 0.318 e. The van der Waals surface area contributed by atoms with Gasteiger partial charge >= 0.3 is 6.03 Å². The number of methoxy groups -OCH3 is 2. The molecule has 2 aliphatic heterocycles. The molecule has 0 unspecified atom stereocenters. The average molecular weight is 348 g/mol. The van der Waals surface area contributed by atoms with Crippen LogP contribution >= 0.6 is 0 Å². The Kier molecular flexibility index (Phi) is 5.68. The molecule has 1 N–H and O–H groups in total. The minimum Gasteiger partial charge on any atom is -0.497 e. The number of nitrogens with zero attached hydrogens (tertiary/aromatic N) is 1. The van der Waals surface area contributed by atoms with Crippen molar-refractivity contribution in [2.75, 3.05) is 27.4 Å². The minimum absolute atomic E-state index is 0.00162. The number of carbonyl (C=O) groups excluding carboxylic acids is 1. The van der Waals surface area contributed by atoms with Gasteiger partial charge in [-0.15, -0.1) is 0 Å². The van der Waals surface area contributed by atoms with Gasteiger partial charge in [0.25, 0.3) is 0 Å². The van der Waals surface area contributed by atoms with Crippen molar-refractivity contribution in [3.63, 3.8) is 0 Å². The maximum absolute atomic E-state index is 12.8. The minimum atomic E-state index is -0.0321. The summed E-state index contributed by atoms with van der Waals surface area (Å²) in [7, 11) is 3.30. The molecule has 3 rings (SSSR count). The first-order valence-electron chi connectivity index (χ1n) is 9.04. The Hall–Kier alpha value is -1.95. The van der Waals surface area contributed by atoms with Gasteiger partial charge in [-0.2, -0.15) is 0 Å². The summed E-state index contributed by atoms with van der Waals surface area (Å²) in [6.07, 6.45) is 4.10. The molecule has 1 aromatic rings. The van der Waals surface area contributed by atoms with Gasteiger partial charge in [0, 0.05) is 18.7 Å². The fourth-order valence-electron chi connectivity index (χ4n) is 3.80. The molecule has 2 fully saturated rings. The summed E-state index contributed by atoms with van der Waals surface area (Å²) in [6.45, 7) is 3.55. The Labute approximate surface area is 149 Å². The zero-order valence-corrected chi connectivity index (χ0v) is 15.3. The molecule has 0 radical (unpaired) electrons. The van der Waals surface area contributed by atoms with Crippen LogP contribution in [0.2, 0.25) is 0 Å². The second-order valence-corrected chi connectivity index (χ2v) is 6.75. The summed E-state index contributed by atoms with van der Waals surface area (Å²) >= 11 is 0. The topological polar surface area (TPSA) is 60.0 Å². The fourth-order valence-corrected chi connectivity index (χ4v) is 3.80. The molecule has 6 heteroatoms. The van der Waals surface area contributed by atoms with Crippen molar-refractivity contribution in [2.45, 2.75) is 50.8 Å². The molecule has 3 atom stereocenters. The first kappa shape index (κ1) is 17.9. The summed E-state index contributed by atoms with van der Waals surface area (Å²) in [4.78, 5) is 14.7. The number of hydrogen-bond acceptors (Lipinski definition) is 4. The van der Waals surface area contributed by atoms with Crippen LogP contribution < -0.4 is 14.8 Å². The van der Waals surface area contributed by atoms with Crippen molar-refractivity contribution in [1.29, 1.82) is 0 Å². The van der Waals surface area contributed by atoms with E-state index >= 15 is 0 Å². The number of benzene rings is 1. The van der Waals surface area contributed by atoms with E-state index in [1.165, 1.54) is 0 Å². The van der Waals surface area contributed by atoms with Crippen LogP contribution in [0.25, 0.3) is 0 Å². The normalized spacial score (nSPS) is 24.2. The van der Waals surface area contributed by atoms with Gasteiger partial charge in [0.15, 0.2) is 0 Å². The third kappa shape index (κ3) is 3.84. The van der Waals surface area contributed by atoms with E-state index in [1.807, 2.05) is 30.0 Å². The monoisotopic (exact) mass is 348 g/mol. The molecule has 2 aliphatic rings. The summed E-state index contributed by atoms with van der Waals surface area (Å²) < 4.78 is 16.6. The van der Waals surface area contributed by atoms with Crippen LogP contribution in [0.4, 0.5) is 4.79 Å². The van der Waals surface area contributed by atoms with Crippen LogP contribution in [0, 0.1) is 0 Å². The molecule has 0 saturated carbocycles. The highest BCUT2D eigenvalue weighted by Crippen LogP contribution is 2.38. The van der Waals surface area contributed by atoms with Crippen LogP contribution in [0.5, 0.6) is 11.5 Å². The fraction of sp³-hybridized carbons (Fsp3) is 0.632. The number of rotatable bonds is 5. The predicted octanol–water partition coefficient (Wildman–Crippen LogP) is 3.12. The molecule has 2 amide bonds. The molecular formula is C19H28N2O4. The summed E-state index contributed by atoms with van der Waals surface area (Å²) in [6, 6.07) is 5.73. The van der Waals surface area contributed by atoms with E-state index in [4.69, 9.17) is 14.2 Å². The zero-order chi connectivity index (χ0) is 17.8. The van der Waals surface area contributed by atoms with Crippen molar-refractivity contribution in [2.24, 2.45) is 0 Å². The Balaban J connectivity index is 1.74. The number of hydrogen-bond donors (Lipinski definition) is 1. The van der Waals surface area contributed by atoms with Crippen LogP contribution in [0.1, 0.15) is 44.2 Å². The van der Waals surface area contributed by atoms with Gasteiger partial charge in [-0.05, 0) is 50.8 Å². The van der Waals surface area contributed by atoms with Crippen LogP contribution in [0.3, 0.4) is 0 Å². The Bertz CT molecular complexity index is 601. The highest BCUT2D eigenvalue weighted by molar-refractivity contribution is 5.75. The molecule has 0 aliphatic carbocycles. The third-order valence-electron chi connectivity index (χ3n) is 5.18. The zero-order valence-electron chi connectivity index (χ0n) is 15.3. The number of nitrogens with one attached hydrogen (secondary N) is 1. The second kappa shape index (κ2) is 7.95. The maximum atomic E-state index is 12.8. The molecule has 0 bridgehead atoms. The number of amides is 2. The largest absolute Gasteiger partial charge is 0.497 e. The van der Waals surface area contributed by atoms with Gasteiger partial charge in [-0.1, -0.05) is 0 Å². The summed E-state index contributed by atoms with van der Waals surface area (Å²) in [5.74, 6) is 1.56. The lowest BCUT2D eigenvalue weighted by Crippen LogP contribution is -2.47. The van der Waals surface area contributed by atoms with Crippen molar-refractivity contribution in [1.82, 2.24) is 10.2 Å². The molecule has 2 heterocycles. The lowest BCUT2D eigenvalue weighted by atomic mass is 10.0. The number of urea groups is 1. The van der Waals surface area contributed by atoms with Crippen molar-refractivity contribution >= 4 is 6.03 Å². The highest BCUT2D eigenvalue weighted by atomic mass is 16.5. The quantitative estimate of drug-likeness (QED) is 0.888. The molecule has 1 aromatic carbocycles. The Morgan fingerprint density at radius 3 is 2.80 bits per heavy atom. The van der Waals surface area contributed by atoms with Crippen molar-refractivity contribution in [3.05, 3.63) is 23.8 Å². The molecule has 138 valence electrons. The van der Waals surface area contributed by atoms with E-state index < -0.39 is 0 Å². The molecule has 6 nitrogen and oxygen atoms in total. The van der Waals surface area contributed by atoms with Crippen molar-refractivity contribution in [3.8, 4) is 11.5 Å². The first-order valence-corrected chi connectivity index (χ1v) is 9.04. The molecule has 0 aromatic heterocycles. The lowest BCUT2D eigenvalue weighted by Gasteiger charge is -2.29. The number of carbonyl (C=O) groups is 1. The second-order valence-electron chi connectivity index (χ2n) is 6.75. The Morgan fingerprint density at radius 2 is 2.12 bits per heavy atom. The summed E-state index contributed by atoms with van der Waals surface area (Å²) in [5.41, 5.74) is 0.999. The molecule has 0 spiro atoms. The van der Waals surface area contributed by atoms with Gasteiger partial charge in [0.2, 0.25) is 0 Å². The lowest BCUT2D eigenvalue weighted by molar-refractivity contribution is 0.0829. The average Bonchev–Trinajstić information content (AvgIpc) is 3.32. The van der Waals surface area contributed by atoms with E-state index in [2.05, 4.69) is 5.32 Å². The standard InChI is InChI=1S/C19H28N2O4/c1-13(17-7-5-11-25-17)20-19(22)21-10-4-6-16(21)15-12-14(23-2)8-9-18(15)24-3/h8-9,12-13,16-17H,4-7,10-11H2,1-3H3,(H,20,22)/t13-,16+,17+/m1/s1. The van der Waals surface area contributed by atoms with Gasteiger partial charge in [-0.25, -0.2) is 4.79 Å². The summed E-state index contributed by atoms with van der Waals surface area (Å²) in [5, 5.41) is 3.12. The Morgan fingerprint density at radius 1 is 1.28 bits per heavy atom. The van der Waals surface area contributed by atoms with E-state index in [0.717, 1.165) is 55.9 Å². The van der Waals surface area contributed by atoms with Gasteiger partial charge in [-0.3, -0.25) is 0 Å². The SMILES string of the molecule is COc1ccc(OC)c([C@@H]2CCCN2C(=O)N[C@H](C)[C@@H]2CCCO2)c1. The first-order chi connectivity index (χ1) is 12.1. The molecule has 2 saturated heterocycles. The van der Waals surface area contributed by atoms with E-state index in [-0.39, 0.29) is 24.2 Å². The number of likely N-dealkylation sites (tertiary alicyclic amines) is 1. The van der Waals surface area contributed by atoms with Gasteiger partial charge in [0.05, 0.1) is 32.4 Å². The van der Waals surface area contributed by atoms with Crippen LogP contribution in [0.15, 0.2) is 18.2 Å². The van der Waals surface area contributed by atoms with Crippen LogP contribution in [-0.4, -0.2) is 50.4 Å². The van der Waals surface area contributed by atoms with Crippen molar-refractivity contribution < 1.29 is 19.0 Å². The van der Waals surface area contributed by atoms with E-state index in [0.29, 0.717) is 0 Å². The van der Waals surface area contributed by atoms with Gasteiger partial charge < -0.3 is 24.4 Å². The molecular weight excluding hydrogens is 320 g/mol. The third-order valence-corrected chi connectivity index (χ3v) is 5.18. The highest BCUT2D eigenvalue weighted by Gasteiger charge is 2.34. The molecule has 25 heavy (non-hydrogen) atoms. The number of ether oxygens (including phenoxy) is 3. The van der Waals surface area contributed by atoms with Gasteiger partial charge in [0.1, 0.15) is 11.5 Å². The van der Waals surface area contributed by atoms with Crippen LogP contribution in [-0.2, 0) is 4.74 Å².